The van der Waals surface area contributed by atoms with Gasteiger partial charge in [0.2, 0.25) is 0 Å². The molecule has 1 aromatic rings. The van der Waals surface area contributed by atoms with Gasteiger partial charge in [0.05, 0.1) is 0 Å². The van der Waals surface area contributed by atoms with Gasteiger partial charge in [-0.15, -0.1) is 0 Å². The van der Waals surface area contributed by atoms with Gasteiger partial charge in [-0.25, -0.2) is 0 Å². The van der Waals surface area contributed by atoms with Crippen molar-refractivity contribution in [2.45, 2.75) is 58.2 Å². The van der Waals surface area contributed by atoms with Gasteiger partial charge in [-0.2, -0.15) is 0 Å². The lowest BCUT2D eigenvalue weighted by molar-refractivity contribution is 0.0937. The van der Waals surface area contributed by atoms with E-state index in [1.165, 1.54) is 30.5 Å². The predicted octanol–water partition coefficient (Wildman–Crippen LogP) is 4.61. The average Bonchev–Trinajstić information content (AvgIpc) is 2.81. The summed E-state index contributed by atoms with van der Waals surface area (Å²) >= 11 is 0. The van der Waals surface area contributed by atoms with E-state index in [4.69, 9.17) is 0 Å². The molecule has 0 bridgehead atoms. The Morgan fingerprint density at radius 3 is 2.11 bits per heavy atom. The quantitative estimate of drug-likeness (QED) is 0.581. The van der Waals surface area contributed by atoms with Crippen molar-refractivity contribution in [2.24, 2.45) is 5.41 Å². The van der Waals surface area contributed by atoms with Gasteiger partial charge in [0.25, 0.3) is 0 Å². The van der Waals surface area contributed by atoms with Gasteiger partial charge in [0.1, 0.15) is 0 Å². The van der Waals surface area contributed by atoms with Gasteiger partial charge >= 0.3 is 0 Å². The normalized spacial score (nSPS) is 18.5. The minimum Gasteiger partial charge on any atom is -0.294 e. The van der Waals surface area contributed by atoms with E-state index in [0.29, 0.717) is 11.3 Å². The Morgan fingerprint density at radius 1 is 1.11 bits per heavy atom. The third-order valence-corrected chi connectivity index (χ3v) is 8.97. The minimum atomic E-state index is -0.910. The monoisotopic (exact) mass is 274 g/mol. The Morgan fingerprint density at radius 2 is 1.63 bits per heavy atom. The molecule has 0 radical (unpaired) electrons. The van der Waals surface area contributed by atoms with Crippen molar-refractivity contribution in [2.75, 3.05) is 0 Å². The van der Waals surface area contributed by atoms with E-state index in [1.807, 2.05) is 12.1 Å². The molecule has 0 saturated carbocycles. The molecular formula is C17H26OSi. The van der Waals surface area contributed by atoms with Gasteiger partial charge in [-0.1, -0.05) is 75.5 Å². The molecule has 1 heterocycles. The lowest BCUT2D eigenvalue weighted by atomic mass is 9.86. The summed E-state index contributed by atoms with van der Waals surface area (Å²) in [4.78, 5) is 12.9. The molecule has 19 heavy (non-hydrogen) atoms. The smallest absolute Gasteiger partial charge is 0.163 e. The summed E-state index contributed by atoms with van der Waals surface area (Å²) in [5, 5.41) is 0. The molecule has 0 spiro atoms. The summed E-state index contributed by atoms with van der Waals surface area (Å²) in [6, 6.07) is 10.9. The maximum atomic E-state index is 12.9. The molecule has 104 valence electrons. The zero-order valence-corrected chi connectivity index (χ0v) is 13.9. The highest BCUT2D eigenvalue weighted by Gasteiger charge is 2.39. The van der Waals surface area contributed by atoms with Crippen LogP contribution in [0.25, 0.3) is 0 Å². The average molecular weight is 274 g/mol. The fourth-order valence-corrected chi connectivity index (χ4v) is 8.12. The van der Waals surface area contributed by atoms with Crippen LogP contribution in [0.4, 0.5) is 0 Å². The van der Waals surface area contributed by atoms with Crippen LogP contribution in [0.3, 0.4) is 0 Å². The highest BCUT2D eigenvalue weighted by atomic mass is 28.3. The Balaban J connectivity index is 2.27. The third-order valence-electron chi connectivity index (χ3n) is 4.42. The summed E-state index contributed by atoms with van der Waals surface area (Å²) in [5.74, 6) is 0.408. The molecule has 1 unspecified atom stereocenters. The molecule has 2 rings (SSSR count). The fraction of sp³-hybridized carbons (Fsp3) is 0.588. The minimum absolute atomic E-state index is 0.114. The first-order chi connectivity index (χ1) is 8.89. The largest absolute Gasteiger partial charge is 0.294 e. The molecule has 1 aromatic carbocycles. The van der Waals surface area contributed by atoms with E-state index in [-0.39, 0.29) is 5.41 Å². The van der Waals surface area contributed by atoms with Crippen LogP contribution < -0.4 is 0 Å². The highest BCUT2D eigenvalue weighted by molar-refractivity contribution is 6.66. The molecule has 1 fully saturated rings. The third kappa shape index (κ3) is 3.36. The van der Waals surface area contributed by atoms with E-state index in [0.717, 1.165) is 5.56 Å². The van der Waals surface area contributed by atoms with Gasteiger partial charge in [-0.3, -0.25) is 4.79 Å². The van der Waals surface area contributed by atoms with Crippen molar-refractivity contribution in [3.8, 4) is 0 Å². The van der Waals surface area contributed by atoms with Crippen LogP contribution in [-0.2, 0) is 0 Å². The van der Waals surface area contributed by atoms with Crippen molar-refractivity contribution < 1.29 is 4.79 Å². The zero-order chi connectivity index (χ0) is 14.0. The number of ketones is 1. The summed E-state index contributed by atoms with van der Waals surface area (Å²) in [6.45, 7) is 8.81. The number of rotatable bonds is 3. The first-order valence-electron chi connectivity index (χ1n) is 7.50. The number of carbonyl (C=O) groups excluding carboxylic acids is 1. The fourth-order valence-electron chi connectivity index (χ4n) is 3.50. The van der Waals surface area contributed by atoms with Crippen LogP contribution in [0.5, 0.6) is 0 Å². The number of carbonyl (C=O) groups is 1. The molecule has 2 heteroatoms. The highest BCUT2D eigenvalue weighted by Crippen LogP contribution is 2.42. The Kier molecular flexibility index (Phi) is 4.29. The second-order valence-corrected chi connectivity index (χ2v) is 10.5. The van der Waals surface area contributed by atoms with E-state index >= 15 is 0 Å². The number of hydrogen-bond donors (Lipinski definition) is 0. The van der Waals surface area contributed by atoms with Gasteiger partial charge in [-0.05, 0) is 12.3 Å². The van der Waals surface area contributed by atoms with Crippen LogP contribution in [-0.4, -0.2) is 14.6 Å². The SMILES string of the molecule is Cc1ccc(C(=O)C([SiH]2CCCC2)C(C)(C)C)cc1. The van der Waals surface area contributed by atoms with Crippen LogP contribution in [0.2, 0.25) is 17.6 Å². The lowest BCUT2D eigenvalue weighted by Gasteiger charge is -2.33. The number of Topliss-reactive ketones (excluding diaryl/α,β-unsaturated/α-hetero) is 1. The Labute approximate surface area is 119 Å². The standard InChI is InChI=1S/C17H26OSi/c1-13-7-9-14(10-8-13)15(18)16(17(2,3)4)19-11-5-6-12-19/h7-10,16,19H,5-6,11-12H2,1-4H3. The second-order valence-electron chi connectivity index (χ2n) is 7.12. The number of benzene rings is 1. The molecule has 1 aliphatic heterocycles. The molecule has 1 atom stereocenters. The second kappa shape index (κ2) is 5.62. The summed E-state index contributed by atoms with van der Waals surface area (Å²) in [6.07, 6.45) is 2.70. The van der Waals surface area contributed by atoms with Crippen LogP contribution in [0.15, 0.2) is 24.3 Å². The molecule has 1 aliphatic rings. The molecule has 0 N–H and O–H groups in total. The maximum Gasteiger partial charge on any atom is 0.163 e. The Hall–Kier alpha value is -0.893. The summed E-state index contributed by atoms with van der Waals surface area (Å²) in [5.41, 5.74) is 2.56. The zero-order valence-electron chi connectivity index (χ0n) is 12.7. The van der Waals surface area contributed by atoms with E-state index in [9.17, 15) is 4.79 Å². The topological polar surface area (TPSA) is 17.1 Å². The van der Waals surface area contributed by atoms with Crippen LogP contribution in [0.1, 0.15) is 49.5 Å². The summed E-state index contributed by atoms with van der Waals surface area (Å²) in [7, 11) is -0.910. The molecule has 0 amide bonds. The molecule has 0 aromatic heterocycles. The van der Waals surface area contributed by atoms with E-state index < -0.39 is 8.80 Å². The van der Waals surface area contributed by atoms with Crippen LogP contribution >= 0.6 is 0 Å². The molecule has 1 nitrogen and oxygen atoms in total. The predicted molar refractivity (Wildman–Crippen MR) is 84.7 cm³/mol. The van der Waals surface area contributed by atoms with Gasteiger partial charge in [0.15, 0.2) is 5.78 Å². The summed E-state index contributed by atoms with van der Waals surface area (Å²) < 4.78 is 0. The van der Waals surface area contributed by atoms with Crippen molar-refractivity contribution in [3.63, 3.8) is 0 Å². The number of aryl methyl sites for hydroxylation is 1. The molecular weight excluding hydrogens is 248 g/mol. The van der Waals surface area contributed by atoms with Gasteiger partial charge < -0.3 is 0 Å². The van der Waals surface area contributed by atoms with E-state index in [1.54, 1.807) is 0 Å². The molecule has 1 saturated heterocycles. The van der Waals surface area contributed by atoms with Crippen molar-refractivity contribution in [3.05, 3.63) is 35.4 Å². The first kappa shape index (κ1) is 14.5. The van der Waals surface area contributed by atoms with Crippen molar-refractivity contribution in [1.29, 1.82) is 0 Å². The Bertz CT molecular complexity index is 435. The van der Waals surface area contributed by atoms with Crippen LogP contribution in [0, 0.1) is 12.3 Å². The van der Waals surface area contributed by atoms with Crippen molar-refractivity contribution >= 4 is 14.6 Å². The first-order valence-corrected chi connectivity index (χ1v) is 9.80. The number of hydrogen-bond acceptors (Lipinski definition) is 1. The van der Waals surface area contributed by atoms with E-state index in [2.05, 4.69) is 39.8 Å². The van der Waals surface area contributed by atoms with Gasteiger partial charge in [0, 0.05) is 19.9 Å². The molecule has 0 aliphatic carbocycles. The lowest BCUT2D eigenvalue weighted by Crippen LogP contribution is -2.34. The maximum absolute atomic E-state index is 12.9. The van der Waals surface area contributed by atoms with Crippen molar-refractivity contribution in [1.82, 2.24) is 0 Å².